The van der Waals surface area contributed by atoms with Crippen molar-refractivity contribution in [3.05, 3.63) is 64.7 Å². The first kappa shape index (κ1) is 23.7. The Hall–Kier alpha value is -1.93. The lowest BCUT2D eigenvalue weighted by Crippen LogP contribution is -2.44. The average Bonchev–Trinajstić information content (AvgIpc) is 2.99. The molecule has 1 heterocycles. The number of amides is 1. The van der Waals surface area contributed by atoms with Gasteiger partial charge < -0.3 is 4.90 Å². The molecular formula is C23H30ClN3O3S. The van der Waals surface area contributed by atoms with Crippen molar-refractivity contribution in [1.82, 2.24) is 14.5 Å². The van der Waals surface area contributed by atoms with Crippen LogP contribution in [-0.4, -0.2) is 55.8 Å². The van der Waals surface area contributed by atoms with Crippen molar-refractivity contribution in [3.8, 4) is 0 Å². The summed E-state index contributed by atoms with van der Waals surface area (Å²) in [6.07, 6.45) is 0.875. The third kappa shape index (κ3) is 6.07. The quantitative estimate of drug-likeness (QED) is 0.732. The van der Waals surface area contributed by atoms with E-state index < -0.39 is 10.0 Å². The first-order valence-corrected chi connectivity index (χ1v) is 12.3. The molecule has 2 aromatic rings. The lowest BCUT2D eigenvalue weighted by Gasteiger charge is -2.34. The molecule has 3 rings (SSSR count). The molecule has 2 aromatic carbocycles. The number of halogens is 1. The maximum Gasteiger partial charge on any atom is 0.253 e. The van der Waals surface area contributed by atoms with Gasteiger partial charge in [-0.1, -0.05) is 41.9 Å². The van der Waals surface area contributed by atoms with Crippen molar-refractivity contribution in [2.45, 2.75) is 44.2 Å². The van der Waals surface area contributed by atoms with Gasteiger partial charge in [-0.05, 0) is 51.0 Å². The molecule has 1 aliphatic heterocycles. The van der Waals surface area contributed by atoms with Gasteiger partial charge in [0.05, 0.1) is 5.02 Å². The topological polar surface area (TPSA) is 69.7 Å². The van der Waals surface area contributed by atoms with Gasteiger partial charge in [0.25, 0.3) is 5.91 Å². The maximum atomic E-state index is 13.1. The van der Waals surface area contributed by atoms with Gasteiger partial charge in [-0.2, -0.15) is 0 Å². The van der Waals surface area contributed by atoms with Crippen LogP contribution in [0.15, 0.2) is 53.4 Å². The molecule has 0 unspecified atom stereocenters. The molecule has 0 spiro atoms. The average molecular weight is 464 g/mol. The SMILES string of the molecule is CC(C)(C)N1CCCN(C(=O)c2ccc(Cl)c(S(=O)(=O)NCc3ccccc3)c2)CC1. The second-order valence-electron chi connectivity index (χ2n) is 8.76. The van der Waals surface area contributed by atoms with Gasteiger partial charge >= 0.3 is 0 Å². The molecule has 0 bridgehead atoms. The van der Waals surface area contributed by atoms with E-state index in [1.54, 1.807) is 11.0 Å². The van der Waals surface area contributed by atoms with E-state index in [0.29, 0.717) is 18.7 Å². The van der Waals surface area contributed by atoms with Gasteiger partial charge in [0.2, 0.25) is 10.0 Å². The third-order valence-electron chi connectivity index (χ3n) is 5.51. The predicted octanol–water partition coefficient (Wildman–Crippen LogP) is 3.76. The van der Waals surface area contributed by atoms with Gasteiger partial charge in [0.1, 0.15) is 4.90 Å². The Balaban J connectivity index is 1.76. The number of carbonyl (C=O) groups is 1. The Morgan fingerprint density at radius 1 is 1.03 bits per heavy atom. The first-order valence-electron chi connectivity index (χ1n) is 10.5. The molecule has 0 aromatic heterocycles. The van der Waals surface area contributed by atoms with Gasteiger partial charge in [-0.15, -0.1) is 0 Å². The summed E-state index contributed by atoms with van der Waals surface area (Å²) >= 11 is 6.20. The summed E-state index contributed by atoms with van der Waals surface area (Å²) in [6.45, 7) is 9.61. The molecule has 0 saturated carbocycles. The molecular weight excluding hydrogens is 434 g/mol. The number of benzene rings is 2. The zero-order chi connectivity index (χ0) is 22.6. The first-order chi connectivity index (χ1) is 14.6. The molecule has 0 aliphatic carbocycles. The Kier molecular flexibility index (Phi) is 7.42. The van der Waals surface area contributed by atoms with Crippen molar-refractivity contribution in [2.75, 3.05) is 26.2 Å². The number of nitrogens with zero attached hydrogens (tertiary/aromatic N) is 2. The van der Waals surface area contributed by atoms with E-state index in [2.05, 4.69) is 30.4 Å². The molecule has 1 amide bonds. The minimum atomic E-state index is -3.87. The second kappa shape index (κ2) is 9.69. The Morgan fingerprint density at radius 3 is 2.42 bits per heavy atom. The van der Waals surface area contributed by atoms with Gasteiger partial charge in [0.15, 0.2) is 0 Å². The lowest BCUT2D eigenvalue weighted by atomic mass is 10.1. The van der Waals surface area contributed by atoms with E-state index in [0.717, 1.165) is 25.1 Å². The maximum absolute atomic E-state index is 13.1. The zero-order valence-electron chi connectivity index (χ0n) is 18.3. The van der Waals surface area contributed by atoms with E-state index in [1.807, 2.05) is 30.3 Å². The number of carbonyl (C=O) groups excluding carboxylic acids is 1. The Morgan fingerprint density at radius 2 is 1.74 bits per heavy atom. The molecule has 1 saturated heterocycles. The van der Waals surface area contributed by atoms with Crippen LogP contribution in [0.25, 0.3) is 0 Å². The highest BCUT2D eigenvalue weighted by atomic mass is 35.5. The molecule has 1 fully saturated rings. The van der Waals surface area contributed by atoms with Crippen LogP contribution in [0.3, 0.4) is 0 Å². The van der Waals surface area contributed by atoms with Crippen LogP contribution in [0.5, 0.6) is 0 Å². The predicted molar refractivity (Wildman–Crippen MR) is 124 cm³/mol. The molecule has 0 radical (unpaired) electrons. The van der Waals surface area contributed by atoms with Crippen molar-refractivity contribution in [3.63, 3.8) is 0 Å². The van der Waals surface area contributed by atoms with Gasteiger partial charge in [0, 0.05) is 43.8 Å². The number of hydrogen-bond donors (Lipinski definition) is 1. The number of hydrogen-bond acceptors (Lipinski definition) is 4. The fourth-order valence-electron chi connectivity index (χ4n) is 3.67. The largest absolute Gasteiger partial charge is 0.337 e. The summed E-state index contributed by atoms with van der Waals surface area (Å²) < 4.78 is 28.3. The number of sulfonamides is 1. The van der Waals surface area contributed by atoms with Gasteiger partial charge in [-0.25, -0.2) is 13.1 Å². The lowest BCUT2D eigenvalue weighted by molar-refractivity contribution is 0.0749. The van der Waals surface area contributed by atoms with Crippen LogP contribution < -0.4 is 4.72 Å². The molecule has 8 heteroatoms. The molecule has 0 atom stereocenters. The van der Waals surface area contributed by atoms with Crippen LogP contribution in [0.2, 0.25) is 5.02 Å². The van der Waals surface area contributed by atoms with E-state index in [4.69, 9.17) is 11.6 Å². The monoisotopic (exact) mass is 463 g/mol. The zero-order valence-corrected chi connectivity index (χ0v) is 19.8. The summed E-state index contributed by atoms with van der Waals surface area (Å²) in [7, 11) is -3.87. The van der Waals surface area contributed by atoms with E-state index in [-0.39, 0.29) is 27.9 Å². The second-order valence-corrected chi connectivity index (χ2v) is 10.9. The van der Waals surface area contributed by atoms with E-state index in [9.17, 15) is 13.2 Å². The highest BCUT2D eigenvalue weighted by Gasteiger charge is 2.27. The van der Waals surface area contributed by atoms with Crippen LogP contribution in [0.1, 0.15) is 43.1 Å². The summed E-state index contributed by atoms with van der Waals surface area (Å²) in [4.78, 5) is 17.2. The van der Waals surface area contributed by atoms with Crippen molar-refractivity contribution >= 4 is 27.5 Å². The van der Waals surface area contributed by atoms with E-state index >= 15 is 0 Å². The summed E-state index contributed by atoms with van der Waals surface area (Å²) in [5.74, 6) is -0.174. The van der Waals surface area contributed by atoms with Gasteiger partial charge in [-0.3, -0.25) is 9.69 Å². The summed E-state index contributed by atoms with van der Waals surface area (Å²) in [5.41, 5.74) is 1.21. The minimum absolute atomic E-state index is 0.0466. The molecule has 6 nitrogen and oxygen atoms in total. The van der Waals surface area contributed by atoms with Crippen molar-refractivity contribution < 1.29 is 13.2 Å². The Bertz CT molecular complexity index is 1020. The smallest absolute Gasteiger partial charge is 0.253 e. The number of rotatable bonds is 5. The highest BCUT2D eigenvalue weighted by molar-refractivity contribution is 7.89. The Labute approximate surface area is 190 Å². The van der Waals surface area contributed by atoms with Crippen LogP contribution in [0.4, 0.5) is 0 Å². The highest BCUT2D eigenvalue weighted by Crippen LogP contribution is 2.24. The minimum Gasteiger partial charge on any atom is -0.337 e. The molecule has 1 N–H and O–H groups in total. The van der Waals surface area contributed by atoms with Crippen molar-refractivity contribution in [2.24, 2.45) is 0 Å². The molecule has 1 aliphatic rings. The van der Waals surface area contributed by atoms with E-state index in [1.165, 1.54) is 12.1 Å². The summed E-state index contributed by atoms with van der Waals surface area (Å²) in [5, 5.41) is 0.0897. The normalized spacial score (nSPS) is 16.2. The standard InChI is InChI=1S/C23H30ClN3O3S/c1-23(2,3)27-13-7-12-26(14-15-27)22(28)19-10-11-20(24)21(16-19)31(29,30)25-17-18-8-5-4-6-9-18/h4-6,8-11,16,25H,7,12-15,17H2,1-3H3. The number of nitrogens with one attached hydrogen (secondary N) is 1. The van der Waals surface area contributed by atoms with Crippen LogP contribution in [-0.2, 0) is 16.6 Å². The fourth-order valence-corrected chi connectivity index (χ4v) is 5.21. The van der Waals surface area contributed by atoms with Crippen LogP contribution in [0, 0.1) is 0 Å². The summed E-state index contributed by atoms with van der Waals surface area (Å²) in [6, 6.07) is 13.7. The van der Waals surface area contributed by atoms with Crippen LogP contribution >= 0.6 is 11.6 Å². The molecule has 31 heavy (non-hydrogen) atoms. The van der Waals surface area contributed by atoms with Crippen molar-refractivity contribution in [1.29, 1.82) is 0 Å². The third-order valence-corrected chi connectivity index (χ3v) is 7.39. The molecule has 168 valence electrons. The fraction of sp³-hybridized carbons (Fsp3) is 0.435.